The summed E-state index contributed by atoms with van der Waals surface area (Å²) < 4.78 is 12.1. The van der Waals surface area contributed by atoms with Crippen molar-refractivity contribution in [2.24, 2.45) is 0 Å². The first-order chi connectivity index (χ1) is 16.1. The highest BCUT2D eigenvalue weighted by molar-refractivity contribution is 7.22. The maximum atomic E-state index is 11.4. The Morgan fingerprint density at radius 3 is 2.30 bits per heavy atom. The third kappa shape index (κ3) is 5.47. The summed E-state index contributed by atoms with van der Waals surface area (Å²) in [5.41, 5.74) is 2.42. The van der Waals surface area contributed by atoms with Crippen molar-refractivity contribution in [1.82, 2.24) is 0 Å². The number of rotatable bonds is 10. The van der Waals surface area contributed by atoms with Gasteiger partial charge in [0.05, 0.1) is 6.61 Å². The van der Waals surface area contributed by atoms with Gasteiger partial charge in [0.1, 0.15) is 30.0 Å². The highest BCUT2D eigenvalue weighted by Gasteiger charge is 2.22. The van der Waals surface area contributed by atoms with Crippen molar-refractivity contribution in [3.63, 3.8) is 0 Å². The van der Waals surface area contributed by atoms with E-state index < -0.39 is 6.10 Å². The minimum atomic E-state index is -0.862. The second-order valence-corrected chi connectivity index (χ2v) is 8.91. The summed E-state index contributed by atoms with van der Waals surface area (Å²) in [6, 6.07) is 19.5. The number of phenolic OH excluding ortho intramolecular Hbond substituents is 2. The Kier molecular flexibility index (Phi) is 7.50. The predicted octanol–water partition coefficient (Wildman–Crippen LogP) is 6.26. The van der Waals surface area contributed by atoms with E-state index in [4.69, 9.17) is 9.47 Å². The second-order valence-electron chi connectivity index (χ2n) is 7.86. The highest BCUT2D eigenvalue weighted by atomic mass is 32.1. The Morgan fingerprint density at radius 2 is 1.58 bits per heavy atom. The van der Waals surface area contributed by atoms with E-state index in [1.807, 2.05) is 42.5 Å². The Hall–Kier alpha value is -3.06. The molecule has 0 radical (unpaired) electrons. The van der Waals surface area contributed by atoms with Crippen LogP contribution in [0.4, 0.5) is 0 Å². The number of ether oxygens (including phenoxy) is 2. The fraction of sp³-hybridized carbons (Fsp3) is 0.259. The number of unbranched alkanes of at least 4 members (excludes halogenated alkanes) is 1. The molecule has 1 unspecified atom stereocenters. The minimum absolute atomic E-state index is 0.183. The number of hydrogen-bond donors (Lipinski definition) is 3. The molecule has 0 fully saturated rings. The van der Waals surface area contributed by atoms with Crippen molar-refractivity contribution >= 4 is 21.4 Å². The lowest BCUT2D eigenvalue weighted by Crippen LogP contribution is -2.07. The second kappa shape index (κ2) is 10.7. The zero-order chi connectivity index (χ0) is 23.2. The van der Waals surface area contributed by atoms with Gasteiger partial charge in [-0.15, -0.1) is 11.3 Å². The molecule has 1 atom stereocenters. The molecule has 0 saturated carbocycles. The molecule has 4 rings (SSSR count). The summed E-state index contributed by atoms with van der Waals surface area (Å²) in [5, 5.41) is 31.9. The fourth-order valence-electron chi connectivity index (χ4n) is 3.68. The Morgan fingerprint density at radius 1 is 0.848 bits per heavy atom. The van der Waals surface area contributed by atoms with Crippen LogP contribution >= 0.6 is 11.3 Å². The molecule has 1 aromatic heterocycles. The van der Waals surface area contributed by atoms with Gasteiger partial charge in [-0.2, -0.15) is 0 Å². The SMILES string of the molecule is CCCCOCCOc1ccc(C(O)c2c(-c3ccc(O)cc3)sc3cc(O)ccc23)cc1. The topological polar surface area (TPSA) is 79.2 Å². The third-order valence-corrected chi connectivity index (χ3v) is 6.67. The quantitative estimate of drug-likeness (QED) is 0.242. The lowest BCUT2D eigenvalue weighted by molar-refractivity contribution is 0.0980. The predicted molar refractivity (Wildman–Crippen MR) is 132 cm³/mol. The first kappa shape index (κ1) is 23.1. The number of phenols is 2. The Labute approximate surface area is 197 Å². The van der Waals surface area contributed by atoms with Gasteiger partial charge in [0.2, 0.25) is 0 Å². The van der Waals surface area contributed by atoms with Gasteiger partial charge >= 0.3 is 0 Å². The van der Waals surface area contributed by atoms with E-state index in [1.165, 1.54) is 11.3 Å². The zero-order valence-electron chi connectivity index (χ0n) is 18.5. The van der Waals surface area contributed by atoms with Crippen LogP contribution in [-0.2, 0) is 4.74 Å². The molecule has 33 heavy (non-hydrogen) atoms. The summed E-state index contributed by atoms with van der Waals surface area (Å²) >= 11 is 1.50. The van der Waals surface area contributed by atoms with Crippen molar-refractivity contribution in [1.29, 1.82) is 0 Å². The summed E-state index contributed by atoms with van der Waals surface area (Å²) in [7, 11) is 0. The molecule has 4 aromatic rings. The number of aromatic hydroxyl groups is 2. The van der Waals surface area contributed by atoms with Crippen LogP contribution in [0.3, 0.4) is 0 Å². The molecule has 0 bridgehead atoms. The lowest BCUT2D eigenvalue weighted by atomic mass is 9.96. The summed E-state index contributed by atoms with van der Waals surface area (Å²) in [4.78, 5) is 0.896. The van der Waals surface area contributed by atoms with Gasteiger partial charge in [-0.25, -0.2) is 0 Å². The summed E-state index contributed by atoms with van der Waals surface area (Å²) in [5.74, 6) is 1.09. The van der Waals surface area contributed by atoms with E-state index in [1.54, 1.807) is 24.3 Å². The smallest absolute Gasteiger partial charge is 0.119 e. The average Bonchev–Trinajstić information content (AvgIpc) is 3.20. The minimum Gasteiger partial charge on any atom is -0.508 e. The van der Waals surface area contributed by atoms with Gasteiger partial charge in [-0.3, -0.25) is 0 Å². The number of fused-ring (bicyclic) bond motifs is 1. The summed E-state index contributed by atoms with van der Waals surface area (Å²) in [6.45, 7) is 3.91. The first-order valence-corrected chi connectivity index (χ1v) is 11.9. The van der Waals surface area contributed by atoms with Crippen LogP contribution in [0.5, 0.6) is 17.2 Å². The van der Waals surface area contributed by atoms with E-state index in [9.17, 15) is 15.3 Å². The molecule has 172 valence electrons. The van der Waals surface area contributed by atoms with E-state index in [0.29, 0.717) is 13.2 Å². The van der Waals surface area contributed by atoms with Crippen LogP contribution < -0.4 is 4.74 Å². The summed E-state index contributed by atoms with van der Waals surface area (Å²) in [6.07, 6.45) is 1.30. The van der Waals surface area contributed by atoms with E-state index >= 15 is 0 Å². The molecule has 0 spiro atoms. The van der Waals surface area contributed by atoms with Gasteiger partial charge in [0.25, 0.3) is 0 Å². The molecular formula is C27H28O5S. The van der Waals surface area contributed by atoms with Crippen molar-refractivity contribution in [3.05, 3.63) is 77.9 Å². The lowest BCUT2D eigenvalue weighted by Gasteiger charge is -2.15. The molecule has 0 aliphatic rings. The van der Waals surface area contributed by atoms with Crippen LogP contribution in [0.15, 0.2) is 66.7 Å². The zero-order valence-corrected chi connectivity index (χ0v) is 19.3. The molecule has 0 aliphatic carbocycles. The maximum absolute atomic E-state index is 11.4. The van der Waals surface area contributed by atoms with Gasteiger partial charge in [0.15, 0.2) is 0 Å². The van der Waals surface area contributed by atoms with Gasteiger partial charge in [-0.1, -0.05) is 25.5 Å². The van der Waals surface area contributed by atoms with Gasteiger partial charge in [0, 0.05) is 21.7 Å². The molecule has 6 heteroatoms. The molecule has 0 aliphatic heterocycles. The van der Waals surface area contributed by atoms with E-state index in [2.05, 4.69) is 6.92 Å². The van der Waals surface area contributed by atoms with Crippen LogP contribution in [-0.4, -0.2) is 35.1 Å². The van der Waals surface area contributed by atoms with Crippen LogP contribution in [0, 0.1) is 0 Å². The Bertz CT molecular complexity index is 1180. The van der Waals surface area contributed by atoms with E-state index in [0.717, 1.165) is 56.9 Å². The number of thiophene rings is 1. The van der Waals surface area contributed by atoms with E-state index in [-0.39, 0.29) is 11.5 Å². The maximum Gasteiger partial charge on any atom is 0.119 e. The van der Waals surface area contributed by atoms with Gasteiger partial charge in [-0.05, 0) is 77.5 Å². The van der Waals surface area contributed by atoms with Crippen molar-refractivity contribution < 1.29 is 24.8 Å². The highest BCUT2D eigenvalue weighted by Crippen LogP contribution is 2.45. The first-order valence-electron chi connectivity index (χ1n) is 11.1. The number of aliphatic hydroxyl groups excluding tert-OH is 1. The Balaban J connectivity index is 1.58. The van der Waals surface area contributed by atoms with Crippen molar-refractivity contribution in [2.75, 3.05) is 19.8 Å². The van der Waals surface area contributed by atoms with Gasteiger partial charge < -0.3 is 24.8 Å². The average molecular weight is 465 g/mol. The third-order valence-electron chi connectivity index (χ3n) is 5.45. The number of hydrogen-bond acceptors (Lipinski definition) is 6. The normalized spacial score (nSPS) is 12.2. The van der Waals surface area contributed by atoms with Crippen LogP contribution in [0.2, 0.25) is 0 Å². The standard InChI is InChI=1S/C27H28O5S/c1-2-3-14-31-15-16-32-22-11-6-18(7-12-22)26(30)25-23-13-10-21(29)17-24(23)33-27(25)19-4-8-20(28)9-5-19/h4-13,17,26,28-30H,2-3,14-16H2,1H3. The monoisotopic (exact) mass is 464 g/mol. The molecular weight excluding hydrogens is 436 g/mol. The fourth-order valence-corrected chi connectivity index (χ4v) is 4.96. The van der Waals surface area contributed by atoms with Crippen molar-refractivity contribution in [2.45, 2.75) is 25.9 Å². The number of benzene rings is 3. The van der Waals surface area contributed by atoms with Crippen LogP contribution in [0.25, 0.3) is 20.5 Å². The molecule has 0 saturated heterocycles. The molecule has 3 aromatic carbocycles. The number of aliphatic hydroxyl groups is 1. The molecule has 5 nitrogen and oxygen atoms in total. The molecule has 0 amide bonds. The van der Waals surface area contributed by atoms with Crippen molar-refractivity contribution in [3.8, 4) is 27.7 Å². The molecule has 1 heterocycles. The largest absolute Gasteiger partial charge is 0.508 e. The molecule has 3 N–H and O–H groups in total. The van der Waals surface area contributed by atoms with Crippen LogP contribution in [0.1, 0.15) is 37.0 Å².